The minimum atomic E-state index is -2.86. The number of hydrogen-bond acceptors (Lipinski definition) is 14. The molecule has 14 heteroatoms. The Morgan fingerprint density at radius 2 is 1.27 bits per heavy atom. The molecule has 3 aliphatic rings. The summed E-state index contributed by atoms with van der Waals surface area (Å²) >= 11 is 0. The first-order valence-corrected chi connectivity index (χ1v) is 16.7. The summed E-state index contributed by atoms with van der Waals surface area (Å²) in [5.74, 6) is -9.48. The van der Waals surface area contributed by atoms with Crippen molar-refractivity contribution in [3.63, 3.8) is 0 Å². The summed E-state index contributed by atoms with van der Waals surface area (Å²) in [7, 11) is 0. The van der Waals surface area contributed by atoms with E-state index in [4.69, 9.17) is 23.7 Å². The van der Waals surface area contributed by atoms with Crippen LogP contribution in [0.5, 0.6) is 0 Å². The van der Waals surface area contributed by atoms with Crippen molar-refractivity contribution in [1.82, 2.24) is 0 Å². The van der Waals surface area contributed by atoms with E-state index < -0.39 is 112 Å². The molecule has 0 aromatic heterocycles. The van der Waals surface area contributed by atoms with E-state index in [2.05, 4.69) is 6.58 Å². The van der Waals surface area contributed by atoms with E-state index in [9.17, 15) is 44.1 Å². The van der Waals surface area contributed by atoms with Gasteiger partial charge in [-0.3, -0.25) is 19.2 Å². The highest BCUT2D eigenvalue weighted by atomic mass is 16.6. The molecule has 3 fully saturated rings. The number of hydrogen-bond donors (Lipinski definition) is 3. The maximum atomic E-state index is 14.9. The molecule has 2 aliphatic carbocycles. The summed E-state index contributed by atoms with van der Waals surface area (Å²) in [4.78, 5) is 82.1. The monoisotopic (exact) mass is 722 g/mol. The van der Waals surface area contributed by atoms with Gasteiger partial charge in [0, 0.05) is 25.3 Å². The lowest BCUT2D eigenvalue weighted by Crippen LogP contribution is -2.63. The summed E-state index contributed by atoms with van der Waals surface area (Å²) in [5, 5.41) is 35.8. The van der Waals surface area contributed by atoms with Gasteiger partial charge in [-0.2, -0.15) is 0 Å². The van der Waals surface area contributed by atoms with Gasteiger partial charge in [0.25, 0.3) is 0 Å². The van der Waals surface area contributed by atoms with Crippen molar-refractivity contribution >= 4 is 35.4 Å². The first kappa shape index (κ1) is 38.5. The molecule has 3 N–H and O–H groups in total. The van der Waals surface area contributed by atoms with Gasteiger partial charge in [-0.05, 0) is 31.2 Å². The number of ketones is 2. The molecule has 0 spiro atoms. The Labute approximate surface area is 299 Å². The zero-order chi connectivity index (χ0) is 38.5. The average molecular weight is 723 g/mol. The van der Waals surface area contributed by atoms with Crippen LogP contribution < -0.4 is 0 Å². The van der Waals surface area contributed by atoms with Crippen LogP contribution >= 0.6 is 0 Å². The highest BCUT2D eigenvalue weighted by Gasteiger charge is 2.77. The van der Waals surface area contributed by atoms with Crippen molar-refractivity contribution in [3.05, 3.63) is 83.9 Å². The summed E-state index contributed by atoms with van der Waals surface area (Å²) < 4.78 is 28.9. The molecule has 0 bridgehead atoms. The standard InChI is InChI=1S/C38H42O14/c1-18-26(50-33(44)22-14-10-8-11-15-22)24-31(48-20(3)39)37(7,47)35(46)38(24,52-21(4)40)29(42)19(2)28-32(49-28)36(5,6)30(43)25(41)27(18)51-34(45)23-16-12-9-13-17-23/h8-17,19,24-28,31-32,35,41,46-47H,1H2,2-7H3/t19-,24-,25?,26?,27?,28-,31+,32-,35?,37-,38+/m0/s1. The third kappa shape index (κ3) is 6.55. The number of rotatable bonds is 6. The minimum absolute atomic E-state index is 0.000907. The molecule has 52 heavy (non-hydrogen) atoms. The second kappa shape index (κ2) is 14.0. The number of benzene rings is 2. The van der Waals surface area contributed by atoms with Crippen molar-refractivity contribution in [1.29, 1.82) is 0 Å². The Kier molecular flexibility index (Phi) is 10.4. The van der Waals surface area contributed by atoms with Crippen LogP contribution in [0.2, 0.25) is 0 Å². The molecule has 2 saturated carbocycles. The van der Waals surface area contributed by atoms with Crippen LogP contribution in [-0.4, -0.2) is 105 Å². The lowest BCUT2D eigenvalue weighted by atomic mass is 9.70. The zero-order valence-electron chi connectivity index (χ0n) is 29.5. The maximum Gasteiger partial charge on any atom is 0.338 e. The predicted molar refractivity (Wildman–Crippen MR) is 178 cm³/mol. The lowest BCUT2D eigenvalue weighted by Gasteiger charge is -2.43. The number of carbonyl (C=O) groups is 6. The van der Waals surface area contributed by atoms with Crippen LogP contribution in [0, 0.1) is 17.3 Å². The molecule has 278 valence electrons. The number of ether oxygens (including phenoxy) is 5. The summed E-state index contributed by atoms with van der Waals surface area (Å²) in [5.41, 5.74) is -7.57. The molecule has 1 saturated heterocycles. The molecule has 0 amide bonds. The SMILES string of the molecule is C=C1C(OC(=O)c2ccccc2)C(O)C(=O)C(C)(C)[C@H]2O[C@H]2[C@H](C)C(=O)[C@@]2(OC(C)=O)C(O)[C@@](C)(O)[C@H](OC(C)=O)[C@@H]2C1OC(=O)c1ccccc1. The molecular formula is C38H42O14. The van der Waals surface area contributed by atoms with Crippen LogP contribution in [0.25, 0.3) is 0 Å². The fraction of sp³-hybridized carbons (Fsp3) is 0.474. The fourth-order valence-electron chi connectivity index (χ4n) is 7.47. The molecule has 0 radical (unpaired) electrons. The van der Waals surface area contributed by atoms with E-state index in [0.29, 0.717) is 0 Å². The van der Waals surface area contributed by atoms with Crippen molar-refractivity contribution in [2.24, 2.45) is 17.3 Å². The topological polar surface area (TPSA) is 213 Å². The second-order valence-electron chi connectivity index (χ2n) is 14.2. The second-order valence-corrected chi connectivity index (χ2v) is 14.2. The smallest absolute Gasteiger partial charge is 0.338 e. The third-order valence-corrected chi connectivity index (χ3v) is 10.2. The van der Waals surface area contributed by atoms with E-state index in [0.717, 1.165) is 20.8 Å². The van der Waals surface area contributed by atoms with Gasteiger partial charge in [0.1, 0.15) is 23.9 Å². The number of fused-ring (bicyclic) bond motifs is 2. The molecular weight excluding hydrogens is 680 g/mol. The van der Waals surface area contributed by atoms with Crippen molar-refractivity contribution < 1.29 is 67.8 Å². The molecule has 5 rings (SSSR count). The molecule has 14 nitrogen and oxygen atoms in total. The number of Topliss-reactive ketones (excluding diaryl/α,β-unsaturated/α-hetero) is 2. The molecule has 1 heterocycles. The molecule has 2 aromatic carbocycles. The third-order valence-electron chi connectivity index (χ3n) is 10.2. The Morgan fingerprint density at radius 3 is 1.75 bits per heavy atom. The van der Waals surface area contributed by atoms with E-state index >= 15 is 0 Å². The van der Waals surface area contributed by atoms with E-state index in [1.807, 2.05) is 0 Å². The minimum Gasteiger partial charge on any atom is -0.459 e. The van der Waals surface area contributed by atoms with Crippen molar-refractivity contribution in [2.75, 3.05) is 0 Å². The quantitative estimate of drug-likeness (QED) is 0.168. The largest absolute Gasteiger partial charge is 0.459 e. The number of aliphatic hydroxyl groups excluding tert-OH is 2. The number of aliphatic hydroxyl groups is 3. The molecule has 11 atom stereocenters. The van der Waals surface area contributed by atoms with Gasteiger partial charge in [-0.1, -0.05) is 63.7 Å². The van der Waals surface area contributed by atoms with Crippen molar-refractivity contribution in [3.8, 4) is 0 Å². The molecule has 1 aliphatic heterocycles. The Morgan fingerprint density at radius 1 is 0.769 bits per heavy atom. The highest BCUT2D eigenvalue weighted by molar-refractivity contribution is 5.96. The van der Waals surface area contributed by atoms with Gasteiger partial charge < -0.3 is 39.0 Å². The first-order valence-electron chi connectivity index (χ1n) is 16.7. The normalized spacial score (nSPS) is 35.5. The first-order chi connectivity index (χ1) is 24.3. The van der Waals surface area contributed by atoms with Crippen LogP contribution in [0.3, 0.4) is 0 Å². The Balaban J connectivity index is 1.82. The Hall–Kier alpha value is -4.76. The van der Waals surface area contributed by atoms with Crippen LogP contribution in [-0.2, 0) is 42.9 Å². The number of carbonyl (C=O) groups excluding carboxylic acids is 6. The van der Waals surface area contributed by atoms with Crippen molar-refractivity contribution in [2.45, 2.75) is 95.5 Å². The summed E-state index contributed by atoms with van der Waals surface area (Å²) in [6.07, 6.45) is -12.7. The molecule has 4 unspecified atom stereocenters. The summed E-state index contributed by atoms with van der Waals surface area (Å²) in [6, 6.07) is 15.0. The number of esters is 4. The molecule has 2 aromatic rings. The van der Waals surface area contributed by atoms with Crippen LogP contribution in [0.4, 0.5) is 0 Å². The lowest BCUT2D eigenvalue weighted by molar-refractivity contribution is -0.196. The maximum absolute atomic E-state index is 14.9. The fourth-order valence-corrected chi connectivity index (χ4v) is 7.47. The summed E-state index contributed by atoms with van der Waals surface area (Å²) in [6.45, 7) is 11.3. The number of epoxide rings is 1. The van der Waals surface area contributed by atoms with E-state index in [1.165, 1.54) is 69.3 Å². The Bertz CT molecular complexity index is 1770. The van der Waals surface area contributed by atoms with Gasteiger partial charge in [0.15, 0.2) is 23.8 Å². The van der Waals surface area contributed by atoms with Gasteiger partial charge in [-0.15, -0.1) is 0 Å². The zero-order valence-corrected chi connectivity index (χ0v) is 29.5. The predicted octanol–water partition coefficient (Wildman–Crippen LogP) is 1.91. The van der Waals surface area contributed by atoms with Crippen LogP contribution in [0.15, 0.2) is 72.8 Å². The van der Waals surface area contributed by atoms with Crippen LogP contribution in [0.1, 0.15) is 62.3 Å². The van der Waals surface area contributed by atoms with Gasteiger partial charge in [0.05, 0.1) is 34.7 Å². The van der Waals surface area contributed by atoms with Gasteiger partial charge in [-0.25, -0.2) is 9.59 Å². The van der Waals surface area contributed by atoms with E-state index in [-0.39, 0.29) is 11.1 Å². The van der Waals surface area contributed by atoms with Gasteiger partial charge in [0.2, 0.25) is 5.60 Å². The van der Waals surface area contributed by atoms with E-state index in [1.54, 1.807) is 12.1 Å². The highest BCUT2D eigenvalue weighted by Crippen LogP contribution is 2.55. The average Bonchev–Trinajstić information content (AvgIpc) is 3.90. The van der Waals surface area contributed by atoms with Gasteiger partial charge >= 0.3 is 23.9 Å².